The molecule has 0 radical (unpaired) electrons. The van der Waals surface area contributed by atoms with Gasteiger partial charge < -0.3 is 4.40 Å². The van der Waals surface area contributed by atoms with Crippen LogP contribution >= 0.6 is 0 Å². The first kappa shape index (κ1) is 6.40. The number of hydrogen-bond donors (Lipinski definition) is 0. The van der Waals surface area contributed by atoms with Gasteiger partial charge in [-0.3, -0.25) is 4.98 Å². The molecule has 56 valence electrons. The van der Waals surface area contributed by atoms with Crippen LogP contribution in [0.2, 0.25) is 0 Å². The first-order valence-electron chi connectivity index (χ1n) is 3.67. The number of rotatable bonds is 0. The van der Waals surface area contributed by atoms with Gasteiger partial charge in [-0.2, -0.15) is 0 Å². The lowest BCUT2D eigenvalue weighted by Gasteiger charge is -1.95. The maximum absolute atomic E-state index is 4.22. The summed E-state index contributed by atoms with van der Waals surface area (Å²) in [5, 5.41) is 0. The minimum Gasteiger partial charge on any atom is -0.320 e. The predicted molar refractivity (Wildman–Crippen MR) is 44.7 cm³/mol. The van der Waals surface area contributed by atoms with Crippen LogP contribution in [0.4, 0.5) is 0 Å². The molecule has 0 spiro atoms. The Balaban J connectivity index is 2.86. The lowest BCUT2D eigenvalue weighted by Crippen LogP contribution is -1.87. The minimum atomic E-state index is 1.05. The molecule has 0 unspecified atom stereocenters. The first-order chi connectivity index (χ1) is 5.27. The van der Waals surface area contributed by atoms with E-state index in [-0.39, 0.29) is 0 Å². The van der Waals surface area contributed by atoms with E-state index in [1.165, 1.54) is 11.1 Å². The standard InChI is InChI=1S/C9H10N2/c1-7-3-4-11-6-8(2)10-5-9(7)11/h3-6H,1-2H3. The molecule has 2 aromatic heterocycles. The van der Waals surface area contributed by atoms with Crippen LogP contribution in [-0.4, -0.2) is 9.38 Å². The lowest BCUT2D eigenvalue weighted by molar-refractivity contribution is 1.08. The molecule has 2 heterocycles. The zero-order chi connectivity index (χ0) is 7.84. The Morgan fingerprint density at radius 1 is 1.36 bits per heavy atom. The maximum atomic E-state index is 4.22. The highest BCUT2D eigenvalue weighted by Crippen LogP contribution is 2.09. The van der Waals surface area contributed by atoms with Gasteiger partial charge in [0, 0.05) is 12.4 Å². The summed E-state index contributed by atoms with van der Waals surface area (Å²) in [5.74, 6) is 0. The van der Waals surface area contributed by atoms with Gasteiger partial charge in [0.05, 0.1) is 17.4 Å². The van der Waals surface area contributed by atoms with Crippen molar-refractivity contribution in [2.45, 2.75) is 13.8 Å². The normalized spacial score (nSPS) is 10.7. The fourth-order valence-corrected chi connectivity index (χ4v) is 1.24. The first-order valence-corrected chi connectivity index (χ1v) is 3.67. The van der Waals surface area contributed by atoms with Gasteiger partial charge in [-0.05, 0) is 25.5 Å². The molecule has 0 aliphatic rings. The van der Waals surface area contributed by atoms with Crippen LogP contribution in [0.1, 0.15) is 11.3 Å². The van der Waals surface area contributed by atoms with Gasteiger partial charge in [0.15, 0.2) is 0 Å². The molecule has 0 aliphatic carbocycles. The van der Waals surface area contributed by atoms with Gasteiger partial charge >= 0.3 is 0 Å². The largest absolute Gasteiger partial charge is 0.320 e. The van der Waals surface area contributed by atoms with E-state index in [4.69, 9.17) is 0 Å². The maximum Gasteiger partial charge on any atom is 0.0663 e. The molecule has 2 aromatic rings. The van der Waals surface area contributed by atoms with Crippen LogP contribution in [0, 0.1) is 13.8 Å². The summed E-state index contributed by atoms with van der Waals surface area (Å²) >= 11 is 0. The molecule has 0 saturated heterocycles. The molecule has 0 fully saturated rings. The number of nitrogens with zero attached hydrogens (tertiary/aromatic N) is 2. The summed E-state index contributed by atoms with van der Waals surface area (Å²) in [6, 6.07) is 2.09. The third-order valence-corrected chi connectivity index (χ3v) is 1.88. The van der Waals surface area contributed by atoms with Crippen molar-refractivity contribution in [1.82, 2.24) is 9.38 Å². The second kappa shape index (κ2) is 2.09. The number of aromatic nitrogens is 2. The Morgan fingerprint density at radius 2 is 2.18 bits per heavy atom. The van der Waals surface area contributed by atoms with Crippen molar-refractivity contribution in [3.63, 3.8) is 0 Å². The molecular weight excluding hydrogens is 136 g/mol. The zero-order valence-corrected chi connectivity index (χ0v) is 6.70. The summed E-state index contributed by atoms with van der Waals surface area (Å²) in [6.45, 7) is 4.08. The second-order valence-electron chi connectivity index (χ2n) is 2.82. The van der Waals surface area contributed by atoms with Gasteiger partial charge in [0.2, 0.25) is 0 Å². The van der Waals surface area contributed by atoms with Crippen LogP contribution in [0.3, 0.4) is 0 Å². The van der Waals surface area contributed by atoms with Crippen molar-refractivity contribution in [3.05, 3.63) is 35.9 Å². The SMILES string of the molecule is Cc1cn2ccc(C)c2cn1. The number of fused-ring (bicyclic) bond motifs is 1. The molecule has 0 N–H and O–H groups in total. The van der Waals surface area contributed by atoms with Crippen LogP contribution in [0.5, 0.6) is 0 Å². The van der Waals surface area contributed by atoms with Crippen LogP contribution in [-0.2, 0) is 0 Å². The Kier molecular flexibility index (Phi) is 1.22. The Labute approximate surface area is 65.5 Å². The van der Waals surface area contributed by atoms with Crippen molar-refractivity contribution in [2.75, 3.05) is 0 Å². The van der Waals surface area contributed by atoms with Crippen LogP contribution in [0.15, 0.2) is 24.7 Å². The highest BCUT2D eigenvalue weighted by molar-refractivity contribution is 5.53. The zero-order valence-electron chi connectivity index (χ0n) is 6.70. The molecule has 0 bridgehead atoms. The van der Waals surface area contributed by atoms with Crippen molar-refractivity contribution >= 4 is 5.52 Å². The third-order valence-electron chi connectivity index (χ3n) is 1.88. The predicted octanol–water partition coefficient (Wildman–Crippen LogP) is 1.95. The second-order valence-corrected chi connectivity index (χ2v) is 2.82. The molecule has 0 aromatic carbocycles. The Hall–Kier alpha value is -1.31. The van der Waals surface area contributed by atoms with E-state index in [0.29, 0.717) is 0 Å². The van der Waals surface area contributed by atoms with Gasteiger partial charge in [0.1, 0.15) is 0 Å². The van der Waals surface area contributed by atoms with E-state index in [0.717, 1.165) is 5.69 Å². The number of aryl methyl sites for hydroxylation is 2. The molecule has 0 saturated carbocycles. The third kappa shape index (κ3) is 0.909. The quantitative estimate of drug-likeness (QED) is 0.555. The molecule has 2 rings (SSSR count). The van der Waals surface area contributed by atoms with Crippen molar-refractivity contribution < 1.29 is 0 Å². The van der Waals surface area contributed by atoms with E-state index >= 15 is 0 Å². The smallest absolute Gasteiger partial charge is 0.0663 e. The Bertz CT molecular complexity index is 387. The van der Waals surface area contributed by atoms with E-state index in [9.17, 15) is 0 Å². The summed E-state index contributed by atoms with van der Waals surface area (Å²) in [7, 11) is 0. The summed E-state index contributed by atoms with van der Waals surface area (Å²) in [6.07, 6.45) is 5.99. The lowest BCUT2D eigenvalue weighted by atomic mass is 10.3. The average Bonchev–Trinajstić information content (AvgIpc) is 2.32. The van der Waals surface area contributed by atoms with Gasteiger partial charge in [-0.15, -0.1) is 0 Å². The number of hydrogen-bond acceptors (Lipinski definition) is 1. The fraction of sp³-hybridized carbons (Fsp3) is 0.222. The van der Waals surface area contributed by atoms with Gasteiger partial charge in [-0.25, -0.2) is 0 Å². The monoisotopic (exact) mass is 146 g/mol. The molecule has 0 amide bonds. The Morgan fingerprint density at radius 3 is 3.00 bits per heavy atom. The minimum absolute atomic E-state index is 1.05. The van der Waals surface area contributed by atoms with Gasteiger partial charge in [0.25, 0.3) is 0 Å². The highest BCUT2D eigenvalue weighted by Gasteiger charge is 1.96. The molecule has 2 heteroatoms. The van der Waals surface area contributed by atoms with E-state index in [2.05, 4.69) is 28.6 Å². The molecule has 0 atom stereocenters. The average molecular weight is 146 g/mol. The van der Waals surface area contributed by atoms with Crippen LogP contribution in [0.25, 0.3) is 5.52 Å². The fourth-order valence-electron chi connectivity index (χ4n) is 1.24. The van der Waals surface area contributed by atoms with E-state index in [1.54, 1.807) is 0 Å². The van der Waals surface area contributed by atoms with Crippen molar-refractivity contribution in [1.29, 1.82) is 0 Å². The molecule has 0 aliphatic heterocycles. The molecule has 11 heavy (non-hydrogen) atoms. The summed E-state index contributed by atoms with van der Waals surface area (Å²) in [5.41, 5.74) is 3.52. The van der Waals surface area contributed by atoms with Crippen molar-refractivity contribution in [2.24, 2.45) is 0 Å². The van der Waals surface area contributed by atoms with Gasteiger partial charge in [-0.1, -0.05) is 0 Å². The van der Waals surface area contributed by atoms with E-state index < -0.39 is 0 Å². The highest BCUT2D eigenvalue weighted by atomic mass is 14.9. The van der Waals surface area contributed by atoms with Crippen molar-refractivity contribution in [3.8, 4) is 0 Å². The summed E-state index contributed by atoms with van der Waals surface area (Å²) in [4.78, 5) is 4.22. The molecule has 2 nitrogen and oxygen atoms in total. The molecular formula is C9H10N2. The van der Waals surface area contributed by atoms with E-state index in [1.807, 2.05) is 19.3 Å². The van der Waals surface area contributed by atoms with Crippen LogP contribution < -0.4 is 0 Å². The summed E-state index contributed by atoms with van der Waals surface area (Å²) < 4.78 is 2.09. The topological polar surface area (TPSA) is 17.3 Å².